The molecule has 0 radical (unpaired) electrons. The van der Waals surface area contributed by atoms with E-state index < -0.39 is 10.0 Å². The summed E-state index contributed by atoms with van der Waals surface area (Å²) in [5.41, 5.74) is 2.66. The van der Waals surface area contributed by atoms with Gasteiger partial charge in [-0.05, 0) is 97.7 Å². The van der Waals surface area contributed by atoms with Crippen molar-refractivity contribution in [1.82, 2.24) is 4.31 Å². The number of halogens is 1. The number of morpholine rings is 1. The van der Waals surface area contributed by atoms with Gasteiger partial charge in [-0.15, -0.1) is 11.6 Å². The second-order valence-corrected chi connectivity index (χ2v) is 13.7. The quantitative estimate of drug-likeness (QED) is 0.582. The van der Waals surface area contributed by atoms with Crippen LogP contribution in [-0.4, -0.2) is 49.8 Å². The molecule has 186 valence electrons. The van der Waals surface area contributed by atoms with Crippen LogP contribution in [0.15, 0.2) is 53.4 Å². The van der Waals surface area contributed by atoms with Crippen molar-refractivity contribution in [2.24, 2.45) is 11.8 Å². The molecule has 8 heteroatoms. The van der Waals surface area contributed by atoms with E-state index in [1.807, 2.05) is 12.1 Å². The SMILES string of the molecule is O=C(Nc1ccc(C23CC4CC(CC(Cl)(C4)C2)C3)cc1)c1ccc(S(=O)(=O)N2CCOCC2)cc1. The lowest BCUT2D eigenvalue weighted by atomic mass is 9.47. The summed E-state index contributed by atoms with van der Waals surface area (Å²) in [5, 5.41) is 2.95. The van der Waals surface area contributed by atoms with Crippen LogP contribution in [0.1, 0.15) is 54.4 Å². The van der Waals surface area contributed by atoms with Crippen LogP contribution >= 0.6 is 11.6 Å². The van der Waals surface area contributed by atoms with E-state index >= 15 is 0 Å². The molecule has 7 rings (SSSR count). The third-order valence-electron chi connectivity index (χ3n) is 8.47. The molecule has 1 N–H and O–H groups in total. The van der Waals surface area contributed by atoms with E-state index in [2.05, 4.69) is 17.4 Å². The van der Waals surface area contributed by atoms with E-state index in [9.17, 15) is 13.2 Å². The zero-order valence-corrected chi connectivity index (χ0v) is 21.3. The van der Waals surface area contributed by atoms with Gasteiger partial charge in [-0.3, -0.25) is 4.79 Å². The minimum absolute atomic E-state index is 0.0294. The Morgan fingerprint density at radius 2 is 1.57 bits per heavy atom. The molecule has 0 aromatic heterocycles. The van der Waals surface area contributed by atoms with Gasteiger partial charge < -0.3 is 10.1 Å². The molecule has 5 fully saturated rings. The number of sulfonamides is 1. The van der Waals surface area contributed by atoms with Crippen LogP contribution in [0.4, 0.5) is 5.69 Å². The molecule has 2 aromatic carbocycles. The summed E-state index contributed by atoms with van der Waals surface area (Å²) in [6, 6.07) is 14.4. The molecular formula is C27H31ClN2O4S. The van der Waals surface area contributed by atoms with Crippen LogP contribution in [0.5, 0.6) is 0 Å². The summed E-state index contributed by atoms with van der Waals surface area (Å²) in [4.78, 5) is 13.0. The highest BCUT2D eigenvalue weighted by atomic mass is 35.5. The minimum Gasteiger partial charge on any atom is -0.379 e. The number of carbonyl (C=O) groups excluding carboxylic acids is 1. The Kier molecular flexibility index (Phi) is 5.75. The lowest BCUT2D eigenvalue weighted by Gasteiger charge is -2.60. The van der Waals surface area contributed by atoms with Crippen LogP contribution in [0.25, 0.3) is 0 Å². The fraction of sp³-hybridized carbons (Fsp3) is 0.519. The van der Waals surface area contributed by atoms with Crippen molar-refractivity contribution < 1.29 is 17.9 Å². The zero-order chi connectivity index (χ0) is 24.3. The number of hydrogen-bond acceptors (Lipinski definition) is 4. The zero-order valence-electron chi connectivity index (χ0n) is 19.7. The molecule has 1 heterocycles. The fourth-order valence-electron chi connectivity index (χ4n) is 7.31. The number of hydrogen-bond donors (Lipinski definition) is 1. The third kappa shape index (κ3) is 4.31. The number of amides is 1. The molecule has 5 aliphatic rings. The van der Waals surface area contributed by atoms with E-state index in [0.29, 0.717) is 31.9 Å². The maximum atomic E-state index is 12.8. The number of carbonyl (C=O) groups is 1. The van der Waals surface area contributed by atoms with Gasteiger partial charge in [0.15, 0.2) is 0 Å². The molecule has 1 amide bonds. The predicted octanol–water partition coefficient (Wildman–Crippen LogP) is 4.79. The van der Waals surface area contributed by atoms with E-state index in [1.165, 1.54) is 41.3 Å². The molecule has 35 heavy (non-hydrogen) atoms. The largest absolute Gasteiger partial charge is 0.379 e. The first-order chi connectivity index (χ1) is 16.7. The summed E-state index contributed by atoms with van der Waals surface area (Å²) < 4.78 is 32.3. The first-order valence-electron chi connectivity index (χ1n) is 12.5. The summed E-state index contributed by atoms with van der Waals surface area (Å²) in [6.07, 6.45) is 7.16. The molecule has 1 saturated heterocycles. The number of alkyl halides is 1. The average Bonchev–Trinajstić information content (AvgIpc) is 2.83. The maximum absolute atomic E-state index is 12.8. The highest BCUT2D eigenvalue weighted by Crippen LogP contribution is 2.64. The Balaban J connectivity index is 1.14. The van der Waals surface area contributed by atoms with E-state index in [1.54, 1.807) is 12.1 Å². The van der Waals surface area contributed by atoms with E-state index in [4.69, 9.17) is 16.3 Å². The van der Waals surface area contributed by atoms with Gasteiger partial charge in [-0.2, -0.15) is 4.31 Å². The average molecular weight is 515 g/mol. The smallest absolute Gasteiger partial charge is 0.255 e. The van der Waals surface area contributed by atoms with Crippen molar-refractivity contribution in [3.63, 3.8) is 0 Å². The van der Waals surface area contributed by atoms with Crippen LogP contribution in [0, 0.1) is 11.8 Å². The van der Waals surface area contributed by atoms with Crippen molar-refractivity contribution in [3.8, 4) is 0 Å². The normalized spacial score (nSPS) is 32.5. The summed E-state index contributed by atoms with van der Waals surface area (Å²) in [7, 11) is -3.58. The van der Waals surface area contributed by atoms with Gasteiger partial charge in [-0.1, -0.05) is 12.1 Å². The topological polar surface area (TPSA) is 75.7 Å². The van der Waals surface area contributed by atoms with Crippen LogP contribution in [0.3, 0.4) is 0 Å². The maximum Gasteiger partial charge on any atom is 0.255 e. The standard InChI is InChI=1S/C27H31ClN2O4S/c28-27-16-19-13-20(17-27)15-26(14-19,18-27)22-3-5-23(6-4-22)29-25(31)21-1-7-24(8-2-21)35(32,33)30-9-11-34-12-10-30/h1-8,19-20H,9-18H2,(H,29,31). The van der Waals surface area contributed by atoms with Crippen LogP contribution in [0.2, 0.25) is 0 Å². The monoisotopic (exact) mass is 514 g/mol. The Labute approximate surface area is 212 Å². The summed E-state index contributed by atoms with van der Waals surface area (Å²) in [6.45, 7) is 1.48. The molecule has 1 aliphatic heterocycles. The van der Waals surface area contributed by atoms with E-state index in [-0.39, 0.29) is 21.1 Å². The van der Waals surface area contributed by atoms with E-state index in [0.717, 1.165) is 36.8 Å². The number of rotatable bonds is 5. The molecule has 4 bridgehead atoms. The van der Waals surface area contributed by atoms with Gasteiger partial charge in [0.05, 0.1) is 18.1 Å². The third-order valence-corrected chi connectivity index (χ3v) is 10.8. The summed E-state index contributed by atoms with van der Waals surface area (Å²) in [5.74, 6) is 1.22. The Hall–Kier alpha value is -1.93. The van der Waals surface area contributed by atoms with Gasteiger partial charge >= 0.3 is 0 Å². The van der Waals surface area contributed by atoms with Gasteiger partial charge in [0, 0.05) is 29.2 Å². The minimum atomic E-state index is -3.58. The van der Waals surface area contributed by atoms with Crippen molar-refractivity contribution in [2.45, 2.75) is 53.7 Å². The molecule has 2 unspecified atom stereocenters. The highest BCUT2D eigenvalue weighted by Gasteiger charge is 2.57. The number of benzene rings is 2. The van der Waals surface area contributed by atoms with Crippen molar-refractivity contribution in [2.75, 3.05) is 31.6 Å². The van der Waals surface area contributed by atoms with Gasteiger partial charge in [-0.25, -0.2) is 8.42 Å². The number of nitrogens with one attached hydrogen (secondary N) is 1. The number of nitrogens with zero attached hydrogens (tertiary/aromatic N) is 1. The second kappa shape index (κ2) is 8.58. The molecule has 2 aromatic rings. The van der Waals surface area contributed by atoms with Gasteiger partial charge in [0.25, 0.3) is 5.91 Å². The predicted molar refractivity (Wildman–Crippen MR) is 135 cm³/mol. The van der Waals surface area contributed by atoms with Crippen molar-refractivity contribution in [3.05, 3.63) is 59.7 Å². The van der Waals surface area contributed by atoms with Crippen molar-refractivity contribution in [1.29, 1.82) is 0 Å². The van der Waals surface area contributed by atoms with Gasteiger partial charge in [0.2, 0.25) is 10.0 Å². The molecule has 0 spiro atoms. The van der Waals surface area contributed by atoms with Crippen LogP contribution in [-0.2, 0) is 20.2 Å². The molecule has 4 aliphatic carbocycles. The number of ether oxygens (including phenoxy) is 1. The lowest BCUT2D eigenvalue weighted by molar-refractivity contribution is 0.00900. The molecular weight excluding hydrogens is 484 g/mol. The molecule has 2 atom stereocenters. The van der Waals surface area contributed by atoms with Crippen molar-refractivity contribution >= 4 is 33.2 Å². The fourth-order valence-corrected chi connectivity index (χ4v) is 9.41. The second-order valence-electron chi connectivity index (χ2n) is 11.0. The number of anilines is 1. The molecule has 4 saturated carbocycles. The Morgan fingerprint density at radius 3 is 2.17 bits per heavy atom. The Morgan fingerprint density at radius 1 is 0.943 bits per heavy atom. The lowest BCUT2D eigenvalue weighted by Crippen LogP contribution is -2.55. The highest BCUT2D eigenvalue weighted by molar-refractivity contribution is 7.89. The van der Waals surface area contributed by atoms with Gasteiger partial charge in [0.1, 0.15) is 0 Å². The first-order valence-corrected chi connectivity index (χ1v) is 14.4. The Bertz CT molecular complexity index is 1210. The summed E-state index contributed by atoms with van der Waals surface area (Å²) >= 11 is 7.02. The first kappa shape index (κ1) is 23.5. The van der Waals surface area contributed by atoms with Crippen LogP contribution < -0.4 is 5.32 Å². The molecule has 6 nitrogen and oxygen atoms in total.